The van der Waals surface area contributed by atoms with Crippen LogP contribution in [0.3, 0.4) is 0 Å². The lowest BCUT2D eigenvalue weighted by molar-refractivity contribution is 0.308. The summed E-state index contributed by atoms with van der Waals surface area (Å²) in [6, 6.07) is 5.76. The normalized spacial score (nSPS) is 10.0. The molecule has 3 nitrogen and oxygen atoms in total. The average Bonchev–Trinajstić information content (AvgIpc) is 2.79. The molecule has 0 aliphatic rings. The lowest BCUT2D eigenvalue weighted by Gasteiger charge is -2.08. The molecule has 0 aliphatic carbocycles. The van der Waals surface area contributed by atoms with Crippen LogP contribution >= 0.6 is 23.6 Å². The molecule has 0 atom stereocenters. The molecule has 2 aromatic heterocycles. The molecule has 0 radical (unpaired) electrons. The summed E-state index contributed by atoms with van der Waals surface area (Å²) in [6.07, 6.45) is 3.27. The van der Waals surface area contributed by atoms with Crippen molar-refractivity contribution in [3.05, 3.63) is 46.4 Å². The van der Waals surface area contributed by atoms with Gasteiger partial charge in [0.1, 0.15) is 17.3 Å². The van der Waals surface area contributed by atoms with Crippen LogP contribution in [0.2, 0.25) is 0 Å². The number of aromatic nitrogens is 1. The molecule has 0 aromatic carbocycles. The Morgan fingerprint density at radius 2 is 2.38 bits per heavy atom. The lowest BCUT2D eigenvalue weighted by atomic mass is 10.2. The zero-order chi connectivity index (χ0) is 11.4. The molecule has 0 aliphatic heterocycles. The topological polar surface area (TPSA) is 48.1 Å². The van der Waals surface area contributed by atoms with E-state index < -0.39 is 0 Å². The molecule has 2 rings (SSSR count). The van der Waals surface area contributed by atoms with Crippen LogP contribution in [0.5, 0.6) is 5.75 Å². The number of thiophene rings is 1. The van der Waals surface area contributed by atoms with Crippen molar-refractivity contribution in [2.75, 3.05) is 0 Å². The second-order valence-corrected chi connectivity index (χ2v) is 4.58. The molecule has 0 spiro atoms. The van der Waals surface area contributed by atoms with E-state index in [-0.39, 0.29) is 0 Å². The van der Waals surface area contributed by atoms with Gasteiger partial charge >= 0.3 is 0 Å². The summed E-state index contributed by atoms with van der Waals surface area (Å²) in [5.74, 6) is 0.628. The Morgan fingerprint density at radius 1 is 1.50 bits per heavy atom. The van der Waals surface area contributed by atoms with Gasteiger partial charge in [0.2, 0.25) is 0 Å². The number of nitrogens with zero attached hydrogens (tertiary/aromatic N) is 1. The third kappa shape index (κ3) is 2.56. The van der Waals surface area contributed by atoms with Crippen LogP contribution in [0.4, 0.5) is 0 Å². The maximum Gasteiger partial charge on any atom is 0.148 e. The van der Waals surface area contributed by atoms with Crippen molar-refractivity contribution in [3.63, 3.8) is 0 Å². The fourth-order valence-corrected chi connectivity index (χ4v) is 2.03. The Hall–Kier alpha value is -1.46. The minimum absolute atomic E-state index is 0.323. The minimum Gasteiger partial charge on any atom is -0.486 e. The molecular weight excluding hydrogens is 240 g/mol. The van der Waals surface area contributed by atoms with E-state index in [1.807, 2.05) is 17.5 Å². The third-order valence-corrected chi connectivity index (χ3v) is 3.07. The number of ether oxygens (including phenoxy) is 1. The summed E-state index contributed by atoms with van der Waals surface area (Å²) < 4.78 is 5.62. The maximum absolute atomic E-state index is 5.62. The van der Waals surface area contributed by atoms with Crippen LogP contribution in [0.25, 0.3) is 0 Å². The molecule has 0 amide bonds. The van der Waals surface area contributed by atoms with Gasteiger partial charge in [0.15, 0.2) is 0 Å². The molecule has 0 unspecified atom stereocenters. The van der Waals surface area contributed by atoms with E-state index in [0.29, 0.717) is 17.3 Å². The standard InChI is InChI=1S/C11H10N2OS2/c12-11(15)9-3-4-13-6-10(9)14-7-8-2-1-5-16-8/h1-6H,7H2,(H2,12,15). The van der Waals surface area contributed by atoms with Crippen LogP contribution in [0.1, 0.15) is 10.4 Å². The van der Waals surface area contributed by atoms with Gasteiger partial charge in [-0.1, -0.05) is 18.3 Å². The lowest BCUT2D eigenvalue weighted by Crippen LogP contribution is -2.11. The first-order valence-corrected chi connectivity index (χ1v) is 5.95. The second kappa shape index (κ2) is 5.05. The molecule has 0 fully saturated rings. The Morgan fingerprint density at radius 3 is 3.06 bits per heavy atom. The highest BCUT2D eigenvalue weighted by Crippen LogP contribution is 2.19. The smallest absolute Gasteiger partial charge is 0.148 e. The fourth-order valence-electron chi connectivity index (χ4n) is 1.24. The highest BCUT2D eigenvalue weighted by molar-refractivity contribution is 7.80. The highest BCUT2D eigenvalue weighted by atomic mass is 32.1. The summed E-state index contributed by atoms with van der Waals surface area (Å²) in [6.45, 7) is 0.513. The number of nitrogens with two attached hydrogens (primary N) is 1. The van der Waals surface area contributed by atoms with E-state index in [2.05, 4.69) is 4.98 Å². The van der Waals surface area contributed by atoms with Gasteiger partial charge in [0.25, 0.3) is 0 Å². The van der Waals surface area contributed by atoms with Crippen molar-refractivity contribution in [1.82, 2.24) is 4.98 Å². The Kier molecular flexibility index (Phi) is 3.48. The van der Waals surface area contributed by atoms with Crippen molar-refractivity contribution in [3.8, 4) is 5.75 Å². The van der Waals surface area contributed by atoms with Gasteiger partial charge < -0.3 is 10.5 Å². The Balaban J connectivity index is 2.12. The minimum atomic E-state index is 0.323. The van der Waals surface area contributed by atoms with E-state index in [0.717, 1.165) is 10.4 Å². The van der Waals surface area contributed by atoms with Gasteiger partial charge in [-0.15, -0.1) is 11.3 Å². The molecule has 2 aromatic rings. The summed E-state index contributed by atoms with van der Waals surface area (Å²) >= 11 is 6.58. The van der Waals surface area contributed by atoms with Crippen LogP contribution < -0.4 is 10.5 Å². The first-order chi connectivity index (χ1) is 7.77. The van der Waals surface area contributed by atoms with Crippen LogP contribution in [-0.2, 0) is 6.61 Å². The van der Waals surface area contributed by atoms with E-state index in [1.54, 1.807) is 29.8 Å². The van der Waals surface area contributed by atoms with Gasteiger partial charge in [-0.05, 0) is 17.5 Å². The van der Waals surface area contributed by atoms with E-state index in [1.165, 1.54) is 0 Å². The van der Waals surface area contributed by atoms with Gasteiger partial charge in [-0.2, -0.15) is 0 Å². The second-order valence-electron chi connectivity index (χ2n) is 3.10. The van der Waals surface area contributed by atoms with Gasteiger partial charge in [0, 0.05) is 11.1 Å². The predicted molar refractivity (Wildman–Crippen MR) is 68.8 cm³/mol. The molecule has 2 heterocycles. The van der Waals surface area contributed by atoms with E-state index in [9.17, 15) is 0 Å². The Labute approximate surface area is 103 Å². The van der Waals surface area contributed by atoms with Crippen molar-refractivity contribution in [2.45, 2.75) is 6.61 Å². The number of rotatable bonds is 4. The third-order valence-electron chi connectivity index (χ3n) is 2.00. The van der Waals surface area contributed by atoms with Crippen molar-refractivity contribution in [2.24, 2.45) is 5.73 Å². The van der Waals surface area contributed by atoms with E-state index >= 15 is 0 Å². The summed E-state index contributed by atoms with van der Waals surface area (Å²) in [5, 5.41) is 2.01. The van der Waals surface area contributed by atoms with Crippen LogP contribution in [-0.4, -0.2) is 9.97 Å². The SMILES string of the molecule is NC(=S)c1ccncc1OCc1cccs1. The molecule has 0 bridgehead atoms. The molecule has 2 N–H and O–H groups in total. The Bertz CT molecular complexity index is 482. The largest absolute Gasteiger partial charge is 0.486 e. The van der Waals surface area contributed by atoms with Crippen molar-refractivity contribution >= 4 is 28.5 Å². The zero-order valence-corrected chi connectivity index (χ0v) is 10.1. The maximum atomic E-state index is 5.62. The molecule has 5 heteroatoms. The van der Waals surface area contributed by atoms with E-state index in [4.69, 9.17) is 22.7 Å². The van der Waals surface area contributed by atoms with Crippen LogP contribution in [0, 0.1) is 0 Å². The summed E-state index contributed by atoms with van der Waals surface area (Å²) in [4.78, 5) is 5.46. The predicted octanol–water partition coefficient (Wildman–Crippen LogP) is 2.36. The highest BCUT2D eigenvalue weighted by Gasteiger charge is 2.06. The number of hydrogen-bond donors (Lipinski definition) is 1. The molecule has 0 saturated carbocycles. The average molecular weight is 250 g/mol. The van der Waals surface area contributed by atoms with Crippen molar-refractivity contribution in [1.29, 1.82) is 0 Å². The van der Waals surface area contributed by atoms with Gasteiger partial charge in [-0.3, -0.25) is 4.98 Å². The first-order valence-electron chi connectivity index (χ1n) is 4.66. The fraction of sp³-hybridized carbons (Fsp3) is 0.0909. The summed E-state index contributed by atoms with van der Waals surface area (Å²) in [7, 11) is 0. The first kappa shape index (κ1) is 11.0. The summed E-state index contributed by atoms with van der Waals surface area (Å²) in [5.41, 5.74) is 6.31. The monoisotopic (exact) mass is 250 g/mol. The molecular formula is C11H10N2OS2. The quantitative estimate of drug-likeness (QED) is 0.846. The number of hydrogen-bond acceptors (Lipinski definition) is 4. The van der Waals surface area contributed by atoms with Crippen LogP contribution in [0.15, 0.2) is 36.0 Å². The number of thiocarbonyl (C=S) groups is 1. The van der Waals surface area contributed by atoms with Crippen molar-refractivity contribution < 1.29 is 4.74 Å². The molecule has 82 valence electrons. The molecule has 0 saturated heterocycles. The van der Waals surface area contributed by atoms with Gasteiger partial charge in [0.05, 0.1) is 11.8 Å². The number of pyridine rings is 1. The molecule has 16 heavy (non-hydrogen) atoms. The van der Waals surface area contributed by atoms with Gasteiger partial charge in [-0.25, -0.2) is 0 Å². The zero-order valence-electron chi connectivity index (χ0n) is 8.42.